The van der Waals surface area contributed by atoms with Gasteiger partial charge in [0.25, 0.3) is 0 Å². The molecule has 0 bridgehead atoms. The number of fused-ring (bicyclic) bond motifs is 18. The predicted octanol–water partition coefficient (Wildman–Crippen LogP) is 15.1. The van der Waals surface area contributed by atoms with Crippen molar-refractivity contribution in [3.63, 3.8) is 0 Å². The number of rotatable bonds is 4. The van der Waals surface area contributed by atoms with Crippen LogP contribution < -0.4 is 14.4 Å². The highest BCUT2D eigenvalue weighted by Gasteiger charge is 2.56. The SMILES string of the molecule is C1=CC2Oc3ccccc3C3(c4ccccc4-c4ccc(N(c5ccc6c(c5)-c5ccccc5C65c6ccccc6Oc6ccccc65)c5ccccc5-c5ccccc5)cc43)C2C=C1. The van der Waals surface area contributed by atoms with Gasteiger partial charge in [0.1, 0.15) is 23.4 Å². The van der Waals surface area contributed by atoms with Crippen LogP contribution in [0, 0.1) is 5.92 Å². The predicted molar refractivity (Wildman–Crippen MR) is 262 cm³/mol. The van der Waals surface area contributed by atoms with Crippen LogP contribution in [-0.2, 0) is 10.8 Å². The van der Waals surface area contributed by atoms with Gasteiger partial charge < -0.3 is 14.4 Å². The lowest BCUT2D eigenvalue weighted by Crippen LogP contribution is -2.47. The zero-order valence-corrected chi connectivity index (χ0v) is 35.4. The molecule has 2 heterocycles. The van der Waals surface area contributed by atoms with Crippen LogP contribution in [-0.4, -0.2) is 6.10 Å². The highest BCUT2D eigenvalue weighted by molar-refractivity contribution is 5.95. The highest BCUT2D eigenvalue weighted by atomic mass is 16.5. The van der Waals surface area contributed by atoms with Crippen molar-refractivity contribution in [3.05, 3.63) is 276 Å². The van der Waals surface area contributed by atoms with Gasteiger partial charge in [0, 0.05) is 39.5 Å². The molecule has 3 unspecified atom stereocenters. The van der Waals surface area contributed by atoms with Crippen LogP contribution in [0.15, 0.2) is 237 Å². The first-order valence-corrected chi connectivity index (χ1v) is 22.7. The van der Waals surface area contributed by atoms with Gasteiger partial charge in [-0.3, -0.25) is 0 Å². The van der Waals surface area contributed by atoms with Gasteiger partial charge in [-0.05, 0) is 105 Å². The van der Waals surface area contributed by atoms with Gasteiger partial charge in [-0.15, -0.1) is 0 Å². The van der Waals surface area contributed by atoms with E-state index < -0.39 is 10.8 Å². The molecule has 3 aliphatic carbocycles. The van der Waals surface area contributed by atoms with Gasteiger partial charge in [-0.25, -0.2) is 0 Å². The van der Waals surface area contributed by atoms with E-state index in [4.69, 9.17) is 9.47 Å². The Labute approximate surface area is 378 Å². The van der Waals surface area contributed by atoms with Crippen molar-refractivity contribution in [1.29, 1.82) is 0 Å². The molecular weight excluding hydrogens is 791 g/mol. The molecule has 0 fully saturated rings. The maximum Gasteiger partial charge on any atom is 0.132 e. The Morgan fingerprint density at radius 3 is 1.68 bits per heavy atom. The second-order valence-corrected chi connectivity index (χ2v) is 17.8. The van der Waals surface area contributed by atoms with Crippen molar-refractivity contribution in [2.45, 2.75) is 16.9 Å². The second-order valence-electron chi connectivity index (χ2n) is 17.8. The maximum absolute atomic E-state index is 6.84. The van der Waals surface area contributed by atoms with Crippen molar-refractivity contribution in [1.82, 2.24) is 0 Å². The van der Waals surface area contributed by atoms with Gasteiger partial charge in [-0.2, -0.15) is 0 Å². The molecule has 14 rings (SSSR count). The van der Waals surface area contributed by atoms with E-state index in [0.29, 0.717) is 0 Å². The summed E-state index contributed by atoms with van der Waals surface area (Å²) in [5, 5.41) is 0. The molecule has 0 aromatic heterocycles. The van der Waals surface area contributed by atoms with Gasteiger partial charge >= 0.3 is 0 Å². The first kappa shape index (κ1) is 36.4. The third-order valence-corrected chi connectivity index (χ3v) is 14.8. The average molecular weight is 832 g/mol. The third kappa shape index (κ3) is 4.85. The summed E-state index contributed by atoms with van der Waals surface area (Å²) < 4.78 is 13.5. The summed E-state index contributed by atoms with van der Waals surface area (Å²) in [6, 6.07) is 78.0. The molecule has 3 heteroatoms. The fourth-order valence-corrected chi connectivity index (χ4v) is 12.3. The van der Waals surface area contributed by atoms with Gasteiger partial charge in [0.15, 0.2) is 0 Å². The Balaban J connectivity index is 1.04. The molecule has 0 saturated carbocycles. The number of allylic oxidation sites excluding steroid dienone is 2. The molecule has 306 valence electrons. The molecule has 0 radical (unpaired) electrons. The zero-order chi connectivity index (χ0) is 42.7. The van der Waals surface area contributed by atoms with E-state index in [1.54, 1.807) is 0 Å². The van der Waals surface area contributed by atoms with Crippen LogP contribution in [0.4, 0.5) is 17.1 Å². The van der Waals surface area contributed by atoms with Crippen molar-refractivity contribution < 1.29 is 9.47 Å². The zero-order valence-electron chi connectivity index (χ0n) is 35.4. The lowest BCUT2D eigenvalue weighted by Gasteiger charge is -2.47. The number of ether oxygens (including phenoxy) is 2. The van der Waals surface area contributed by atoms with Crippen LogP contribution in [0.2, 0.25) is 0 Å². The summed E-state index contributed by atoms with van der Waals surface area (Å²) in [6.45, 7) is 0. The molecule has 3 nitrogen and oxygen atoms in total. The monoisotopic (exact) mass is 831 g/mol. The minimum absolute atomic E-state index is 0.0445. The Morgan fingerprint density at radius 1 is 0.369 bits per heavy atom. The Kier molecular flexibility index (Phi) is 7.65. The first-order chi connectivity index (χ1) is 32.2. The van der Waals surface area contributed by atoms with Crippen LogP contribution in [0.1, 0.15) is 38.9 Å². The van der Waals surface area contributed by atoms with Crippen LogP contribution in [0.25, 0.3) is 33.4 Å². The number of hydrogen-bond acceptors (Lipinski definition) is 3. The molecule has 3 atom stereocenters. The van der Waals surface area contributed by atoms with Crippen molar-refractivity contribution in [2.75, 3.05) is 4.90 Å². The number of hydrogen-bond donors (Lipinski definition) is 0. The van der Waals surface area contributed by atoms with Gasteiger partial charge in [-0.1, -0.05) is 182 Å². The Hall–Kier alpha value is -8.14. The maximum atomic E-state index is 6.84. The van der Waals surface area contributed by atoms with Crippen molar-refractivity contribution in [2.24, 2.45) is 5.92 Å². The summed E-state index contributed by atoms with van der Waals surface area (Å²) in [5.74, 6) is 2.77. The van der Waals surface area contributed by atoms with Crippen molar-refractivity contribution in [3.8, 4) is 50.6 Å². The first-order valence-electron chi connectivity index (χ1n) is 22.7. The fourth-order valence-electron chi connectivity index (χ4n) is 12.3. The number of para-hydroxylation sites is 4. The van der Waals surface area contributed by atoms with Gasteiger partial charge in [0.05, 0.1) is 16.5 Å². The third-order valence-electron chi connectivity index (χ3n) is 14.8. The molecular formula is C62H41NO2. The van der Waals surface area contributed by atoms with E-state index in [1.807, 2.05) is 0 Å². The highest BCUT2D eigenvalue weighted by Crippen LogP contribution is 2.65. The minimum atomic E-state index is -0.552. The summed E-state index contributed by atoms with van der Waals surface area (Å²) in [4.78, 5) is 2.50. The molecule has 9 aromatic rings. The molecule has 65 heavy (non-hydrogen) atoms. The largest absolute Gasteiger partial charge is 0.485 e. The van der Waals surface area contributed by atoms with E-state index in [0.717, 1.165) is 51.0 Å². The summed E-state index contributed by atoms with van der Waals surface area (Å²) >= 11 is 0. The number of benzene rings is 9. The summed E-state index contributed by atoms with van der Waals surface area (Å²) in [7, 11) is 0. The van der Waals surface area contributed by atoms with E-state index in [-0.39, 0.29) is 12.0 Å². The lowest BCUT2D eigenvalue weighted by molar-refractivity contribution is 0.141. The topological polar surface area (TPSA) is 21.7 Å². The molecule has 0 amide bonds. The Bertz CT molecular complexity index is 3450. The van der Waals surface area contributed by atoms with E-state index in [9.17, 15) is 0 Å². The van der Waals surface area contributed by atoms with E-state index in [2.05, 4.69) is 242 Å². The molecule has 0 N–H and O–H groups in total. The molecule has 2 aliphatic heterocycles. The summed E-state index contributed by atoms with van der Waals surface area (Å²) in [5.41, 5.74) is 18.2. The fraction of sp³-hybridized carbons (Fsp3) is 0.0645. The lowest BCUT2D eigenvalue weighted by atomic mass is 9.60. The molecule has 2 spiro atoms. The van der Waals surface area contributed by atoms with E-state index >= 15 is 0 Å². The second kappa shape index (κ2) is 13.7. The van der Waals surface area contributed by atoms with Gasteiger partial charge in [0.2, 0.25) is 0 Å². The Morgan fingerprint density at radius 2 is 0.908 bits per heavy atom. The quantitative estimate of drug-likeness (QED) is 0.176. The normalized spacial score (nSPS) is 19.1. The minimum Gasteiger partial charge on any atom is -0.485 e. The molecule has 5 aliphatic rings. The smallest absolute Gasteiger partial charge is 0.132 e. The summed E-state index contributed by atoms with van der Waals surface area (Å²) in [6.07, 6.45) is 8.84. The van der Waals surface area contributed by atoms with Crippen LogP contribution >= 0.6 is 0 Å². The van der Waals surface area contributed by atoms with Crippen LogP contribution in [0.5, 0.6) is 17.2 Å². The molecule has 9 aromatic carbocycles. The van der Waals surface area contributed by atoms with E-state index in [1.165, 1.54) is 55.6 Å². The average Bonchev–Trinajstić information content (AvgIpc) is 3.82. The number of anilines is 3. The number of nitrogens with zero attached hydrogens (tertiary/aromatic N) is 1. The standard InChI is InChI=1S/C62H41NO2/c1-2-18-40(19-3-1)43-20-6-13-29-56(43)63(41-35-37-50-47(38-41)45-22-5-8-24-49(45)61(50)51-25-9-14-30-57(51)64-58-31-15-10-26-52(58)61)42-34-36-46-44-21-4-7-23-48(44)62(55(46)39-42)53-27-11-16-32-59(53)65-60-33-17-12-28-54(60)62/h1-39,53,59H. The van der Waals surface area contributed by atoms with Crippen molar-refractivity contribution >= 4 is 17.1 Å². The van der Waals surface area contributed by atoms with Crippen LogP contribution in [0.3, 0.4) is 0 Å². The molecule has 0 saturated heterocycles.